The predicted molar refractivity (Wildman–Crippen MR) is 64.7 cm³/mol. The highest BCUT2D eigenvalue weighted by atomic mass is 35.6. The summed E-state index contributed by atoms with van der Waals surface area (Å²) in [6.45, 7) is 0. The Morgan fingerprint density at radius 3 is 1.31 bits per heavy atom. The Hall–Kier alpha value is 2.32. The molecule has 0 aliphatic carbocycles. The van der Waals surface area contributed by atoms with Crippen molar-refractivity contribution in [3.63, 3.8) is 0 Å². The second-order valence-electron chi connectivity index (χ2n) is 2.17. The smallest absolute Gasteiger partial charge is 0.120 e. The second-order valence-corrected chi connectivity index (χ2v) is 7.18. The molecule has 3 atom stereocenters. The molecule has 0 saturated carbocycles. The van der Waals surface area contributed by atoms with Gasteiger partial charge in [-0.25, -0.2) is 0 Å². The van der Waals surface area contributed by atoms with E-state index in [2.05, 4.69) is 0 Å². The fraction of sp³-hybridized carbons (Fsp3) is 1.00. The van der Waals surface area contributed by atoms with Crippen molar-refractivity contribution in [3.05, 3.63) is 0 Å². The molecule has 80 valence electrons. The molecule has 0 saturated heterocycles. The molecule has 8 heteroatoms. The maximum atomic E-state index is 5.78. The highest BCUT2D eigenvalue weighted by Gasteiger charge is 2.41. The van der Waals surface area contributed by atoms with Crippen LogP contribution < -0.4 is 0 Å². The molecule has 3 unspecified atom stereocenters. The van der Waals surface area contributed by atoms with Gasteiger partial charge in [0.15, 0.2) is 0 Å². The third kappa shape index (κ3) is 5.26. The van der Waals surface area contributed by atoms with E-state index in [1.54, 1.807) is 0 Å². The van der Waals surface area contributed by atoms with Gasteiger partial charge in [-0.05, 0) is 0 Å². The predicted octanol–water partition coefficient (Wildman–Crippen LogP) is 4.98. The number of rotatable bonds is 3. The fourth-order valence-electron chi connectivity index (χ4n) is 0.481. The van der Waals surface area contributed by atoms with Crippen LogP contribution in [0.5, 0.6) is 0 Å². The van der Waals surface area contributed by atoms with E-state index in [0.717, 1.165) is 0 Å². The van der Waals surface area contributed by atoms with Crippen LogP contribution in [0.3, 0.4) is 0 Å². The standard InChI is InChI=1S/C5H4Cl8/c6-1(2(7)4(9)10)3(8)5(11,12)13/h1-4H. The first-order valence-electron chi connectivity index (χ1n) is 2.95. The molecule has 0 aliphatic rings. The number of halogens is 8. The Bertz CT molecular complexity index is 151. The quantitative estimate of drug-likeness (QED) is 0.631. The number of hydrogen-bond acceptors (Lipinski definition) is 0. The molecule has 0 amide bonds. The summed E-state index contributed by atoms with van der Waals surface area (Å²) in [5.74, 6) is 0. The maximum absolute atomic E-state index is 5.78. The van der Waals surface area contributed by atoms with Crippen molar-refractivity contribution in [2.45, 2.75) is 24.8 Å². The maximum Gasteiger partial charge on any atom is 0.208 e. The van der Waals surface area contributed by atoms with E-state index in [1.165, 1.54) is 0 Å². The monoisotopic (exact) mass is 344 g/mol. The van der Waals surface area contributed by atoms with Gasteiger partial charge in [-0.2, -0.15) is 0 Å². The van der Waals surface area contributed by atoms with Gasteiger partial charge in [0.05, 0.1) is 16.1 Å². The molecule has 0 bridgehead atoms. The Morgan fingerprint density at radius 1 is 0.692 bits per heavy atom. The molecule has 0 aliphatic heterocycles. The van der Waals surface area contributed by atoms with Crippen LogP contribution in [0.15, 0.2) is 0 Å². The lowest BCUT2D eigenvalue weighted by molar-refractivity contribution is 0.746. The Kier molecular flexibility index (Phi) is 7.25. The Morgan fingerprint density at radius 2 is 1.08 bits per heavy atom. The van der Waals surface area contributed by atoms with Crippen LogP contribution >= 0.6 is 92.8 Å². The Labute approximate surface area is 117 Å². The van der Waals surface area contributed by atoms with E-state index < -0.39 is 24.8 Å². The van der Waals surface area contributed by atoms with Crippen molar-refractivity contribution in [2.75, 3.05) is 0 Å². The van der Waals surface area contributed by atoms with Gasteiger partial charge in [-0.15, -0.1) is 58.0 Å². The average molecular weight is 348 g/mol. The van der Waals surface area contributed by atoms with Gasteiger partial charge in [0.2, 0.25) is 3.79 Å². The molecular weight excluding hydrogens is 344 g/mol. The molecule has 0 fully saturated rings. The van der Waals surface area contributed by atoms with Crippen molar-refractivity contribution in [3.8, 4) is 0 Å². The fourth-order valence-corrected chi connectivity index (χ4v) is 2.26. The molecule has 0 rings (SSSR count). The van der Waals surface area contributed by atoms with Crippen molar-refractivity contribution in [1.82, 2.24) is 0 Å². The van der Waals surface area contributed by atoms with Crippen LogP contribution in [0.4, 0.5) is 0 Å². The summed E-state index contributed by atoms with van der Waals surface area (Å²) in [6.07, 6.45) is 0. The van der Waals surface area contributed by atoms with Crippen LogP contribution in [0.1, 0.15) is 0 Å². The van der Waals surface area contributed by atoms with E-state index in [9.17, 15) is 0 Å². The minimum Gasteiger partial charge on any atom is -0.120 e. The van der Waals surface area contributed by atoms with Gasteiger partial charge in [-0.3, -0.25) is 0 Å². The summed E-state index contributed by atoms with van der Waals surface area (Å²) in [5.41, 5.74) is 0. The summed E-state index contributed by atoms with van der Waals surface area (Å²) in [6, 6.07) is 0. The first-order chi connectivity index (χ1) is 5.68. The zero-order valence-electron chi connectivity index (χ0n) is 5.83. The van der Waals surface area contributed by atoms with Gasteiger partial charge in [0.1, 0.15) is 4.84 Å². The van der Waals surface area contributed by atoms with Crippen molar-refractivity contribution in [2.24, 2.45) is 0 Å². The number of hydrogen-bond donors (Lipinski definition) is 0. The van der Waals surface area contributed by atoms with Gasteiger partial charge < -0.3 is 0 Å². The van der Waals surface area contributed by atoms with E-state index in [0.29, 0.717) is 0 Å². The first-order valence-corrected chi connectivity index (χ1v) is 6.26. The highest BCUT2D eigenvalue weighted by molar-refractivity contribution is 6.70. The van der Waals surface area contributed by atoms with Gasteiger partial charge in [-0.1, -0.05) is 34.8 Å². The van der Waals surface area contributed by atoms with Crippen LogP contribution in [0, 0.1) is 0 Å². The Balaban J connectivity index is 4.34. The SMILES string of the molecule is ClC(Cl)C(Cl)C(Cl)C(Cl)C(Cl)(Cl)Cl. The molecular formula is C5H4Cl8. The second kappa shape index (κ2) is 6.15. The summed E-state index contributed by atoms with van der Waals surface area (Å²) in [5, 5.41) is -2.60. The minimum absolute atomic E-state index is 0.789. The van der Waals surface area contributed by atoms with E-state index in [1.807, 2.05) is 0 Å². The summed E-state index contributed by atoms with van der Waals surface area (Å²) in [4.78, 5) is -0.877. The largest absolute Gasteiger partial charge is 0.208 e. The number of alkyl halides is 8. The molecule has 0 radical (unpaired) electrons. The summed E-state index contributed by atoms with van der Waals surface area (Å²) < 4.78 is -1.70. The average Bonchev–Trinajstić information content (AvgIpc) is 1.98. The molecule has 0 heterocycles. The topological polar surface area (TPSA) is 0 Å². The molecule has 0 aromatic rings. The van der Waals surface area contributed by atoms with Crippen LogP contribution in [-0.4, -0.2) is 24.8 Å². The third-order valence-corrected chi connectivity index (χ3v) is 4.88. The van der Waals surface area contributed by atoms with E-state index in [-0.39, 0.29) is 0 Å². The van der Waals surface area contributed by atoms with Gasteiger partial charge in [0.25, 0.3) is 0 Å². The zero-order valence-corrected chi connectivity index (χ0v) is 11.9. The van der Waals surface area contributed by atoms with Crippen molar-refractivity contribution < 1.29 is 0 Å². The third-order valence-electron chi connectivity index (χ3n) is 1.14. The summed E-state index contributed by atoms with van der Waals surface area (Å²) in [7, 11) is 0. The molecule has 0 spiro atoms. The van der Waals surface area contributed by atoms with Crippen LogP contribution in [-0.2, 0) is 0 Å². The van der Waals surface area contributed by atoms with Crippen LogP contribution in [0.25, 0.3) is 0 Å². The minimum atomic E-state index is -1.70. The molecule has 0 N–H and O–H groups in total. The molecule has 0 aromatic heterocycles. The highest BCUT2D eigenvalue weighted by Crippen LogP contribution is 2.40. The lowest BCUT2D eigenvalue weighted by atomic mass is 10.2. The first kappa shape index (κ1) is 15.3. The molecule has 0 aromatic carbocycles. The van der Waals surface area contributed by atoms with Gasteiger partial charge >= 0.3 is 0 Å². The van der Waals surface area contributed by atoms with E-state index >= 15 is 0 Å². The van der Waals surface area contributed by atoms with Crippen molar-refractivity contribution >= 4 is 92.8 Å². The molecule has 13 heavy (non-hydrogen) atoms. The zero-order chi connectivity index (χ0) is 10.8. The lowest BCUT2D eigenvalue weighted by Crippen LogP contribution is -2.37. The van der Waals surface area contributed by atoms with Crippen molar-refractivity contribution in [1.29, 1.82) is 0 Å². The van der Waals surface area contributed by atoms with Gasteiger partial charge in [0, 0.05) is 0 Å². The molecule has 0 nitrogen and oxygen atoms in total. The normalized spacial score (nSPS) is 20.1. The lowest BCUT2D eigenvalue weighted by Gasteiger charge is -2.26. The van der Waals surface area contributed by atoms with Crippen LogP contribution in [0.2, 0.25) is 0 Å². The summed E-state index contributed by atoms with van der Waals surface area (Å²) >= 11 is 44.7. The van der Waals surface area contributed by atoms with E-state index in [4.69, 9.17) is 92.8 Å².